The first-order valence-corrected chi connectivity index (χ1v) is 7.50. The number of nitrogens with zero attached hydrogens (tertiary/aromatic N) is 4. The zero-order chi connectivity index (χ0) is 14.0. The van der Waals surface area contributed by atoms with Gasteiger partial charge in [0.05, 0.1) is 6.07 Å². The minimum Gasteiger partial charge on any atom is -0.303 e. The van der Waals surface area contributed by atoms with E-state index in [9.17, 15) is 4.79 Å². The first kappa shape index (κ1) is 13.9. The van der Waals surface area contributed by atoms with E-state index in [-0.39, 0.29) is 17.4 Å². The molecule has 7 heteroatoms. The number of rotatable bonds is 5. The van der Waals surface area contributed by atoms with Crippen LogP contribution >= 0.6 is 11.8 Å². The van der Waals surface area contributed by atoms with E-state index in [4.69, 9.17) is 5.26 Å². The van der Waals surface area contributed by atoms with Crippen molar-refractivity contribution in [3.05, 3.63) is 16.0 Å². The van der Waals surface area contributed by atoms with Gasteiger partial charge in [-0.2, -0.15) is 9.94 Å². The second kappa shape index (κ2) is 5.61. The number of nitriles is 1. The number of hydrogen-bond acceptors (Lipinski definition) is 6. The van der Waals surface area contributed by atoms with E-state index in [1.807, 2.05) is 20.1 Å². The average molecular weight is 279 g/mol. The minimum atomic E-state index is -0.431. The monoisotopic (exact) mass is 279 g/mol. The zero-order valence-corrected chi connectivity index (χ0v) is 12.1. The third kappa shape index (κ3) is 2.89. The summed E-state index contributed by atoms with van der Waals surface area (Å²) in [6, 6.07) is 1.73. The van der Waals surface area contributed by atoms with Crippen molar-refractivity contribution >= 4 is 11.8 Å². The first-order chi connectivity index (χ1) is 9.08. The molecule has 0 bridgehead atoms. The lowest BCUT2D eigenvalue weighted by atomic mass is 10.1. The third-order valence-corrected chi connectivity index (χ3v) is 3.71. The highest BCUT2D eigenvalue weighted by atomic mass is 32.2. The Balaban J connectivity index is 2.39. The van der Waals surface area contributed by atoms with Gasteiger partial charge >= 0.3 is 0 Å². The molecule has 1 heterocycles. The van der Waals surface area contributed by atoms with Crippen LogP contribution in [0.25, 0.3) is 0 Å². The lowest BCUT2D eigenvalue weighted by Crippen LogP contribution is -2.41. The molecule has 0 aromatic carbocycles. The van der Waals surface area contributed by atoms with Gasteiger partial charge in [-0.1, -0.05) is 25.6 Å². The van der Waals surface area contributed by atoms with Gasteiger partial charge in [-0.05, 0) is 25.0 Å². The van der Waals surface area contributed by atoms with Crippen LogP contribution in [0.5, 0.6) is 0 Å². The van der Waals surface area contributed by atoms with E-state index in [1.54, 1.807) is 0 Å². The van der Waals surface area contributed by atoms with Gasteiger partial charge < -0.3 is 5.43 Å². The van der Waals surface area contributed by atoms with Crippen molar-refractivity contribution in [3.63, 3.8) is 0 Å². The van der Waals surface area contributed by atoms with Crippen molar-refractivity contribution in [1.29, 1.82) is 5.26 Å². The summed E-state index contributed by atoms with van der Waals surface area (Å²) in [4.78, 5) is 12.4. The fraction of sp³-hybridized carbons (Fsp3) is 0.667. The second-order valence-electron chi connectivity index (χ2n) is 4.97. The van der Waals surface area contributed by atoms with Crippen LogP contribution in [0.3, 0.4) is 0 Å². The van der Waals surface area contributed by atoms with Crippen LogP contribution in [0.1, 0.15) is 38.3 Å². The largest absolute Gasteiger partial charge is 0.303 e. The fourth-order valence-corrected chi connectivity index (χ4v) is 2.15. The van der Waals surface area contributed by atoms with Gasteiger partial charge in [0.25, 0.3) is 5.56 Å². The van der Waals surface area contributed by atoms with Crippen LogP contribution in [0.2, 0.25) is 0 Å². The fourth-order valence-electron chi connectivity index (χ4n) is 1.71. The molecule has 2 rings (SSSR count). The summed E-state index contributed by atoms with van der Waals surface area (Å²) in [5.74, 6) is 0.340. The number of hydrogen-bond donors (Lipinski definition) is 1. The summed E-state index contributed by atoms with van der Waals surface area (Å²) in [6.07, 6.45) is 3.82. The van der Waals surface area contributed by atoms with Crippen LogP contribution in [0.15, 0.2) is 9.95 Å². The molecule has 1 aliphatic rings. The van der Waals surface area contributed by atoms with Crippen LogP contribution in [-0.2, 0) is 0 Å². The van der Waals surface area contributed by atoms with E-state index < -0.39 is 6.04 Å². The lowest BCUT2D eigenvalue weighted by molar-refractivity contribution is 0.522. The molecule has 1 unspecified atom stereocenters. The van der Waals surface area contributed by atoms with Gasteiger partial charge in [0.1, 0.15) is 11.7 Å². The van der Waals surface area contributed by atoms with E-state index in [0.717, 1.165) is 12.8 Å². The summed E-state index contributed by atoms with van der Waals surface area (Å²) in [6.45, 7) is 3.86. The Labute approximate surface area is 116 Å². The van der Waals surface area contributed by atoms with Crippen molar-refractivity contribution in [2.45, 2.75) is 43.8 Å². The molecular weight excluding hydrogens is 262 g/mol. The normalized spacial score (nSPS) is 16.2. The average Bonchev–Trinajstić information content (AvgIpc) is 3.20. The molecule has 0 aliphatic heterocycles. The van der Waals surface area contributed by atoms with Crippen molar-refractivity contribution in [2.24, 2.45) is 5.92 Å². The molecular formula is C12H17N5OS. The van der Waals surface area contributed by atoms with Gasteiger partial charge in [0.15, 0.2) is 0 Å². The first-order valence-electron chi connectivity index (χ1n) is 6.28. The Morgan fingerprint density at radius 3 is 2.63 bits per heavy atom. The number of aromatic nitrogens is 3. The molecule has 19 heavy (non-hydrogen) atoms. The SMILES string of the molecule is CSc1nnc(C2CC2)c(=O)n1NC(C#N)C(C)C. The lowest BCUT2D eigenvalue weighted by Gasteiger charge is -2.19. The molecule has 1 N–H and O–H groups in total. The Hall–Kier alpha value is -1.55. The molecule has 0 amide bonds. The molecule has 0 saturated heterocycles. The second-order valence-corrected chi connectivity index (χ2v) is 5.74. The smallest absolute Gasteiger partial charge is 0.295 e. The minimum absolute atomic E-state index is 0.101. The Kier molecular flexibility index (Phi) is 4.10. The molecule has 1 atom stereocenters. The van der Waals surface area contributed by atoms with Crippen molar-refractivity contribution in [2.75, 3.05) is 11.7 Å². The summed E-state index contributed by atoms with van der Waals surface area (Å²) >= 11 is 1.33. The molecule has 102 valence electrons. The maximum Gasteiger partial charge on any atom is 0.295 e. The maximum absolute atomic E-state index is 12.4. The highest BCUT2D eigenvalue weighted by Crippen LogP contribution is 2.37. The summed E-state index contributed by atoms with van der Waals surface area (Å²) in [5, 5.41) is 17.7. The van der Waals surface area contributed by atoms with Gasteiger partial charge in [0.2, 0.25) is 5.16 Å². The van der Waals surface area contributed by atoms with Crippen LogP contribution in [-0.4, -0.2) is 27.2 Å². The highest BCUT2D eigenvalue weighted by molar-refractivity contribution is 7.98. The summed E-state index contributed by atoms with van der Waals surface area (Å²) in [7, 11) is 0. The molecule has 1 aromatic rings. The van der Waals surface area contributed by atoms with Crippen LogP contribution in [0.4, 0.5) is 0 Å². The van der Waals surface area contributed by atoms with E-state index >= 15 is 0 Å². The predicted molar refractivity (Wildman–Crippen MR) is 73.6 cm³/mol. The van der Waals surface area contributed by atoms with Crippen LogP contribution in [0, 0.1) is 17.2 Å². The Morgan fingerprint density at radius 1 is 1.47 bits per heavy atom. The summed E-state index contributed by atoms with van der Waals surface area (Å²) < 4.78 is 1.37. The molecule has 1 fully saturated rings. The number of nitrogens with one attached hydrogen (secondary N) is 1. The Bertz CT molecular complexity index is 558. The van der Waals surface area contributed by atoms with E-state index in [2.05, 4.69) is 21.7 Å². The molecule has 1 aromatic heterocycles. The molecule has 1 saturated carbocycles. The highest BCUT2D eigenvalue weighted by Gasteiger charge is 2.30. The quantitative estimate of drug-likeness (QED) is 0.819. The molecule has 6 nitrogen and oxygen atoms in total. The maximum atomic E-state index is 12.4. The van der Waals surface area contributed by atoms with Crippen molar-refractivity contribution in [1.82, 2.24) is 14.9 Å². The zero-order valence-electron chi connectivity index (χ0n) is 11.3. The third-order valence-electron chi connectivity index (χ3n) is 3.08. The van der Waals surface area contributed by atoms with Gasteiger partial charge in [-0.15, -0.1) is 10.2 Å². The predicted octanol–water partition coefficient (Wildman–Crippen LogP) is 1.33. The molecule has 1 aliphatic carbocycles. The van der Waals surface area contributed by atoms with Crippen LogP contribution < -0.4 is 11.0 Å². The number of thioether (sulfide) groups is 1. The van der Waals surface area contributed by atoms with Gasteiger partial charge in [-0.25, -0.2) is 0 Å². The van der Waals surface area contributed by atoms with E-state index in [1.165, 1.54) is 16.4 Å². The van der Waals surface area contributed by atoms with Crippen molar-refractivity contribution in [3.8, 4) is 6.07 Å². The standard InChI is InChI=1S/C12H17N5OS/c1-7(2)9(6-13)16-17-11(18)10(8-4-5-8)14-15-12(17)19-3/h7-9,16H,4-5H2,1-3H3. The van der Waals surface area contributed by atoms with E-state index in [0.29, 0.717) is 10.9 Å². The van der Waals surface area contributed by atoms with Gasteiger partial charge in [0, 0.05) is 5.92 Å². The summed E-state index contributed by atoms with van der Waals surface area (Å²) in [5.41, 5.74) is 3.29. The molecule has 0 spiro atoms. The Morgan fingerprint density at radius 2 is 2.16 bits per heavy atom. The molecule has 0 radical (unpaired) electrons. The van der Waals surface area contributed by atoms with Gasteiger partial charge in [-0.3, -0.25) is 4.79 Å². The van der Waals surface area contributed by atoms with Crippen molar-refractivity contribution < 1.29 is 0 Å². The topological polar surface area (TPSA) is 83.6 Å².